The van der Waals surface area contributed by atoms with E-state index < -0.39 is 0 Å². The first-order valence-corrected chi connectivity index (χ1v) is 5.83. The van der Waals surface area contributed by atoms with Gasteiger partial charge in [-0.05, 0) is 32.4 Å². The van der Waals surface area contributed by atoms with Gasteiger partial charge in [0.05, 0.1) is 0 Å². The maximum atomic E-state index is 4.51. The number of thioether (sulfide) groups is 1. The van der Waals surface area contributed by atoms with Crippen molar-refractivity contribution in [3.8, 4) is 0 Å². The maximum Gasteiger partial charge on any atom is 0.125 e. The minimum atomic E-state index is 0.920. The zero-order valence-electron chi connectivity index (χ0n) is 8.13. The number of fused-ring (bicyclic) bond motifs is 1. The van der Waals surface area contributed by atoms with E-state index >= 15 is 0 Å². The lowest BCUT2D eigenvalue weighted by Gasteiger charge is -2.07. The summed E-state index contributed by atoms with van der Waals surface area (Å²) < 4.78 is 0. The van der Waals surface area contributed by atoms with Crippen molar-refractivity contribution < 1.29 is 0 Å². The van der Waals surface area contributed by atoms with Crippen molar-refractivity contribution in [3.05, 3.63) is 22.8 Å². The Morgan fingerprint density at radius 3 is 2.92 bits per heavy atom. The van der Waals surface area contributed by atoms with E-state index in [0.29, 0.717) is 0 Å². The van der Waals surface area contributed by atoms with E-state index in [-0.39, 0.29) is 0 Å². The fourth-order valence-corrected chi connectivity index (χ4v) is 2.79. The summed E-state index contributed by atoms with van der Waals surface area (Å²) in [6.07, 6.45) is 2.39. The van der Waals surface area contributed by atoms with E-state index in [9.17, 15) is 0 Å². The van der Waals surface area contributed by atoms with Crippen LogP contribution in [0.3, 0.4) is 0 Å². The van der Waals surface area contributed by atoms with Crippen molar-refractivity contribution in [1.82, 2.24) is 9.97 Å². The lowest BCUT2D eigenvalue weighted by atomic mass is 10.1. The molecule has 0 atom stereocenters. The normalized spacial score (nSPS) is 16.5. The predicted molar refractivity (Wildman–Crippen MR) is 56.0 cm³/mol. The Hall–Kier alpha value is -0.570. The maximum absolute atomic E-state index is 4.51. The molecule has 0 saturated heterocycles. The number of aromatic nitrogens is 2. The Kier molecular flexibility index (Phi) is 2.54. The van der Waals surface area contributed by atoms with Crippen LogP contribution in [0.1, 0.15) is 29.2 Å². The fraction of sp³-hybridized carbons (Fsp3) is 0.600. The number of hydrogen-bond acceptors (Lipinski definition) is 3. The second-order valence-corrected chi connectivity index (χ2v) is 4.54. The van der Waals surface area contributed by atoms with Crippen molar-refractivity contribution >= 4 is 11.8 Å². The first-order chi connectivity index (χ1) is 6.27. The summed E-state index contributed by atoms with van der Waals surface area (Å²) in [4.78, 5) is 8.91. The smallest absolute Gasteiger partial charge is 0.125 e. The number of hydrogen-bond donors (Lipinski definition) is 0. The molecule has 0 unspecified atom stereocenters. The summed E-state index contributed by atoms with van der Waals surface area (Å²) in [5.74, 6) is 3.28. The summed E-state index contributed by atoms with van der Waals surface area (Å²) in [6.45, 7) is 4.07. The van der Waals surface area contributed by atoms with Gasteiger partial charge in [-0.1, -0.05) is 0 Å². The summed E-state index contributed by atoms with van der Waals surface area (Å²) in [5, 5.41) is 0. The SMILES string of the molecule is Cc1nc(C)c2c(n1)CCCSC2. The van der Waals surface area contributed by atoms with Gasteiger partial charge in [0.1, 0.15) is 5.82 Å². The van der Waals surface area contributed by atoms with E-state index in [0.717, 1.165) is 18.0 Å². The molecule has 0 radical (unpaired) electrons. The van der Waals surface area contributed by atoms with Crippen LogP contribution < -0.4 is 0 Å². The van der Waals surface area contributed by atoms with Gasteiger partial charge in [-0.3, -0.25) is 0 Å². The average molecular weight is 194 g/mol. The monoisotopic (exact) mass is 194 g/mol. The molecule has 1 aliphatic rings. The third-order valence-electron chi connectivity index (χ3n) is 2.36. The third kappa shape index (κ3) is 1.85. The molecule has 0 amide bonds. The lowest BCUT2D eigenvalue weighted by molar-refractivity contribution is 0.845. The molecule has 1 aromatic heterocycles. The van der Waals surface area contributed by atoms with Crippen LogP contribution in [0.4, 0.5) is 0 Å². The van der Waals surface area contributed by atoms with Crippen LogP contribution in [0.5, 0.6) is 0 Å². The average Bonchev–Trinajstić information content (AvgIpc) is 2.28. The van der Waals surface area contributed by atoms with Crippen molar-refractivity contribution in [2.24, 2.45) is 0 Å². The minimum absolute atomic E-state index is 0.920. The summed E-state index contributed by atoms with van der Waals surface area (Å²) in [6, 6.07) is 0. The molecule has 2 nitrogen and oxygen atoms in total. The van der Waals surface area contributed by atoms with Gasteiger partial charge in [0.2, 0.25) is 0 Å². The largest absolute Gasteiger partial charge is 0.238 e. The van der Waals surface area contributed by atoms with E-state index in [4.69, 9.17) is 0 Å². The molecule has 0 aliphatic carbocycles. The van der Waals surface area contributed by atoms with Crippen LogP contribution in [-0.2, 0) is 12.2 Å². The quantitative estimate of drug-likeness (QED) is 0.633. The number of aryl methyl sites for hydroxylation is 3. The van der Waals surface area contributed by atoms with Crippen LogP contribution in [0.2, 0.25) is 0 Å². The van der Waals surface area contributed by atoms with Gasteiger partial charge in [0, 0.05) is 22.7 Å². The van der Waals surface area contributed by atoms with E-state index in [1.54, 1.807) is 0 Å². The molecule has 2 heterocycles. The van der Waals surface area contributed by atoms with Crippen LogP contribution in [0.15, 0.2) is 0 Å². The van der Waals surface area contributed by atoms with Crippen LogP contribution in [0.25, 0.3) is 0 Å². The standard InChI is InChI=1S/C10H14N2S/c1-7-9-6-13-5-3-4-10(9)12-8(2)11-7/h3-6H2,1-2H3. The van der Waals surface area contributed by atoms with Crippen LogP contribution in [0, 0.1) is 13.8 Å². The van der Waals surface area contributed by atoms with Crippen molar-refractivity contribution in [1.29, 1.82) is 0 Å². The molecule has 2 rings (SSSR count). The molecular formula is C10H14N2S. The molecule has 0 aromatic carbocycles. The Labute approximate surface area is 83.2 Å². The zero-order valence-corrected chi connectivity index (χ0v) is 8.95. The topological polar surface area (TPSA) is 25.8 Å². The van der Waals surface area contributed by atoms with E-state index in [1.807, 2.05) is 18.7 Å². The highest BCUT2D eigenvalue weighted by molar-refractivity contribution is 7.98. The van der Waals surface area contributed by atoms with Gasteiger partial charge in [-0.25, -0.2) is 9.97 Å². The predicted octanol–water partition coefficient (Wildman–Crippen LogP) is 2.27. The van der Waals surface area contributed by atoms with Crippen molar-refractivity contribution in [2.45, 2.75) is 32.4 Å². The van der Waals surface area contributed by atoms with Gasteiger partial charge in [0.25, 0.3) is 0 Å². The number of rotatable bonds is 0. The molecule has 13 heavy (non-hydrogen) atoms. The molecule has 0 fully saturated rings. The second kappa shape index (κ2) is 3.66. The Morgan fingerprint density at radius 2 is 2.08 bits per heavy atom. The molecule has 3 heteroatoms. The highest BCUT2D eigenvalue weighted by atomic mass is 32.2. The molecule has 70 valence electrons. The fourth-order valence-electron chi connectivity index (χ4n) is 1.72. The molecule has 1 aromatic rings. The molecule has 0 saturated carbocycles. The molecular weight excluding hydrogens is 180 g/mol. The molecule has 0 spiro atoms. The molecule has 0 bridgehead atoms. The Bertz CT molecular complexity index is 323. The zero-order chi connectivity index (χ0) is 9.26. The van der Waals surface area contributed by atoms with Gasteiger partial charge in [-0.2, -0.15) is 11.8 Å². The second-order valence-electron chi connectivity index (χ2n) is 3.44. The third-order valence-corrected chi connectivity index (χ3v) is 3.43. The van der Waals surface area contributed by atoms with Crippen LogP contribution in [-0.4, -0.2) is 15.7 Å². The van der Waals surface area contributed by atoms with E-state index in [2.05, 4.69) is 16.9 Å². The van der Waals surface area contributed by atoms with Gasteiger partial charge >= 0.3 is 0 Å². The number of nitrogens with zero attached hydrogens (tertiary/aromatic N) is 2. The Balaban J connectivity index is 2.47. The summed E-state index contributed by atoms with van der Waals surface area (Å²) in [5.41, 5.74) is 3.85. The lowest BCUT2D eigenvalue weighted by Crippen LogP contribution is -2.03. The molecule has 0 N–H and O–H groups in total. The highest BCUT2D eigenvalue weighted by Gasteiger charge is 2.12. The van der Waals surface area contributed by atoms with E-state index in [1.165, 1.54) is 29.1 Å². The highest BCUT2D eigenvalue weighted by Crippen LogP contribution is 2.24. The Morgan fingerprint density at radius 1 is 1.23 bits per heavy atom. The van der Waals surface area contributed by atoms with Gasteiger partial charge < -0.3 is 0 Å². The molecule has 1 aliphatic heterocycles. The van der Waals surface area contributed by atoms with Crippen LogP contribution >= 0.6 is 11.8 Å². The van der Waals surface area contributed by atoms with Gasteiger partial charge in [0.15, 0.2) is 0 Å². The summed E-state index contributed by atoms with van der Waals surface area (Å²) >= 11 is 2.00. The summed E-state index contributed by atoms with van der Waals surface area (Å²) in [7, 11) is 0. The first-order valence-electron chi connectivity index (χ1n) is 4.68. The van der Waals surface area contributed by atoms with Crippen molar-refractivity contribution in [2.75, 3.05) is 5.75 Å². The van der Waals surface area contributed by atoms with Crippen molar-refractivity contribution in [3.63, 3.8) is 0 Å². The first kappa shape index (κ1) is 9.00. The van der Waals surface area contributed by atoms with Gasteiger partial charge in [-0.15, -0.1) is 0 Å². The minimum Gasteiger partial charge on any atom is -0.238 e.